The lowest BCUT2D eigenvalue weighted by Crippen LogP contribution is -2.37. The van der Waals surface area contributed by atoms with E-state index >= 15 is 0 Å². The molecule has 0 bridgehead atoms. The van der Waals surface area contributed by atoms with E-state index in [1.807, 2.05) is 49.5 Å². The summed E-state index contributed by atoms with van der Waals surface area (Å²) in [5.41, 5.74) is 4.09. The van der Waals surface area contributed by atoms with Crippen molar-refractivity contribution >= 4 is 11.6 Å². The number of amides is 1. The molecule has 0 spiro atoms. The molecule has 1 amide bonds. The molecule has 5 nitrogen and oxygen atoms in total. The monoisotopic (exact) mass is 336 g/mol. The number of benzene rings is 1. The Morgan fingerprint density at radius 2 is 1.88 bits per heavy atom. The molecule has 3 aromatic rings. The first-order chi connectivity index (χ1) is 12.2. The quantitative estimate of drug-likeness (QED) is 0.722. The van der Waals surface area contributed by atoms with E-state index < -0.39 is 0 Å². The number of nitrogens with one attached hydrogen (secondary N) is 1. The first-order valence-electron chi connectivity index (χ1n) is 8.73. The molecule has 2 heterocycles. The second kappa shape index (κ2) is 7.94. The van der Waals surface area contributed by atoms with Gasteiger partial charge in [0.05, 0.1) is 17.9 Å². The van der Waals surface area contributed by atoms with Gasteiger partial charge in [-0.15, -0.1) is 0 Å². The van der Waals surface area contributed by atoms with Crippen LogP contribution >= 0.6 is 0 Å². The maximum Gasteiger partial charge on any atom is 0.234 e. The highest BCUT2D eigenvalue weighted by molar-refractivity contribution is 5.78. The molecule has 0 saturated carbocycles. The van der Waals surface area contributed by atoms with Gasteiger partial charge in [-0.25, -0.2) is 4.98 Å². The predicted molar refractivity (Wildman–Crippen MR) is 100 cm³/mol. The molecule has 25 heavy (non-hydrogen) atoms. The number of aromatic nitrogens is 2. The molecule has 0 saturated heterocycles. The zero-order chi connectivity index (χ0) is 17.6. The number of hydrogen-bond acceptors (Lipinski definition) is 3. The van der Waals surface area contributed by atoms with Gasteiger partial charge in [0.15, 0.2) is 0 Å². The van der Waals surface area contributed by atoms with Crippen molar-refractivity contribution in [2.45, 2.75) is 20.4 Å². The first kappa shape index (κ1) is 17.2. The second-order valence-electron chi connectivity index (χ2n) is 5.96. The fourth-order valence-corrected chi connectivity index (χ4v) is 2.97. The van der Waals surface area contributed by atoms with Crippen molar-refractivity contribution in [3.63, 3.8) is 0 Å². The van der Waals surface area contributed by atoms with Gasteiger partial charge in [-0.2, -0.15) is 0 Å². The Morgan fingerprint density at radius 1 is 1.12 bits per heavy atom. The van der Waals surface area contributed by atoms with E-state index in [1.54, 1.807) is 0 Å². The van der Waals surface area contributed by atoms with Gasteiger partial charge < -0.3 is 9.72 Å². The molecule has 0 atom stereocenters. The number of carbonyl (C=O) groups is 1. The Labute approximate surface area is 148 Å². The van der Waals surface area contributed by atoms with Crippen LogP contribution in [0.4, 0.5) is 0 Å². The third kappa shape index (κ3) is 3.88. The summed E-state index contributed by atoms with van der Waals surface area (Å²) in [6, 6.07) is 16.2. The van der Waals surface area contributed by atoms with Crippen LogP contribution in [0.15, 0.2) is 54.7 Å². The maximum atomic E-state index is 12.0. The fourth-order valence-electron chi connectivity index (χ4n) is 2.97. The minimum Gasteiger partial charge on any atom is -0.355 e. The molecule has 0 aliphatic rings. The topological polar surface area (TPSA) is 49.6 Å². The van der Waals surface area contributed by atoms with Gasteiger partial charge in [-0.05, 0) is 25.6 Å². The third-order valence-corrected chi connectivity index (χ3v) is 4.24. The highest BCUT2D eigenvalue weighted by atomic mass is 16.2. The fraction of sp³-hybridized carbons (Fsp3) is 0.300. The molecular formula is C20H24N4O. The number of imidazole rings is 1. The summed E-state index contributed by atoms with van der Waals surface area (Å²) in [7, 11) is 0. The highest BCUT2D eigenvalue weighted by Crippen LogP contribution is 2.25. The van der Waals surface area contributed by atoms with E-state index in [-0.39, 0.29) is 5.91 Å². The van der Waals surface area contributed by atoms with Crippen LogP contribution in [0, 0.1) is 0 Å². The van der Waals surface area contributed by atoms with Crippen molar-refractivity contribution in [3.8, 4) is 11.3 Å². The minimum absolute atomic E-state index is 0.0550. The van der Waals surface area contributed by atoms with Crippen LogP contribution in [0.25, 0.3) is 16.9 Å². The molecular weight excluding hydrogens is 312 g/mol. The molecule has 2 aromatic heterocycles. The van der Waals surface area contributed by atoms with E-state index in [0.717, 1.165) is 29.1 Å². The normalized spacial score (nSPS) is 11.2. The average molecular weight is 336 g/mol. The van der Waals surface area contributed by atoms with E-state index in [1.165, 1.54) is 0 Å². The van der Waals surface area contributed by atoms with Crippen LogP contribution in [-0.2, 0) is 11.3 Å². The predicted octanol–water partition coefficient (Wildman–Crippen LogP) is 2.96. The minimum atomic E-state index is 0.0550. The van der Waals surface area contributed by atoms with E-state index in [0.29, 0.717) is 19.6 Å². The molecule has 130 valence electrons. The summed E-state index contributed by atoms with van der Waals surface area (Å²) in [4.78, 5) is 18.9. The summed E-state index contributed by atoms with van der Waals surface area (Å²) in [6.07, 6.45) is 2.03. The number of rotatable bonds is 7. The maximum absolute atomic E-state index is 12.0. The van der Waals surface area contributed by atoms with Gasteiger partial charge in [0, 0.05) is 24.8 Å². The largest absolute Gasteiger partial charge is 0.355 e. The molecule has 5 heteroatoms. The van der Waals surface area contributed by atoms with Crippen LogP contribution < -0.4 is 5.32 Å². The van der Waals surface area contributed by atoms with Gasteiger partial charge in [0.25, 0.3) is 0 Å². The van der Waals surface area contributed by atoms with Crippen molar-refractivity contribution in [2.24, 2.45) is 0 Å². The summed E-state index contributed by atoms with van der Waals surface area (Å²) in [5, 5.41) is 2.87. The standard InChI is InChI=1S/C20H24N4O/c1-3-21-19(25)15-23(4-2)14-17-20(16-10-6-5-7-11-16)22-18-12-8-9-13-24(17)18/h5-13H,3-4,14-15H2,1-2H3,(H,21,25). The smallest absolute Gasteiger partial charge is 0.234 e. The molecule has 0 fully saturated rings. The van der Waals surface area contributed by atoms with Crippen LogP contribution in [0.3, 0.4) is 0 Å². The zero-order valence-corrected chi connectivity index (χ0v) is 14.8. The van der Waals surface area contributed by atoms with Gasteiger partial charge in [0.1, 0.15) is 5.65 Å². The number of likely N-dealkylation sites (N-methyl/N-ethyl adjacent to an activating group) is 2. The lowest BCUT2D eigenvalue weighted by atomic mass is 10.1. The molecule has 0 aliphatic heterocycles. The van der Waals surface area contributed by atoms with Gasteiger partial charge in [0.2, 0.25) is 5.91 Å². The van der Waals surface area contributed by atoms with Crippen LogP contribution in [0.2, 0.25) is 0 Å². The van der Waals surface area contributed by atoms with Crippen LogP contribution in [-0.4, -0.2) is 39.8 Å². The zero-order valence-electron chi connectivity index (χ0n) is 14.8. The summed E-state index contributed by atoms with van der Waals surface area (Å²) < 4.78 is 2.11. The summed E-state index contributed by atoms with van der Waals surface area (Å²) in [6.45, 7) is 6.52. The third-order valence-electron chi connectivity index (χ3n) is 4.24. The van der Waals surface area contributed by atoms with Crippen LogP contribution in [0.5, 0.6) is 0 Å². The van der Waals surface area contributed by atoms with Crippen LogP contribution in [0.1, 0.15) is 19.5 Å². The van der Waals surface area contributed by atoms with Crippen molar-refractivity contribution in [3.05, 3.63) is 60.4 Å². The lowest BCUT2D eigenvalue weighted by molar-refractivity contribution is -0.122. The SMILES string of the molecule is CCNC(=O)CN(CC)Cc1c(-c2ccccc2)nc2ccccn12. The molecule has 1 N–H and O–H groups in total. The number of fused-ring (bicyclic) bond motifs is 1. The van der Waals surface area contributed by atoms with Gasteiger partial charge >= 0.3 is 0 Å². The number of carbonyl (C=O) groups excluding carboxylic acids is 1. The first-order valence-corrected chi connectivity index (χ1v) is 8.73. The van der Waals surface area contributed by atoms with Gasteiger partial charge in [-0.1, -0.05) is 43.3 Å². The van der Waals surface area contributed by atoms with E-state index in [9.17, 15) is 4.79 Å². The van der Waals surface area contributed by atoms with Gasteiger partial charge in [-0.3, -0.25) is 9.69 Å². The second-order valence-corrected chi connectivity index (χ2v) is 5.96. The van der Waals surface area contributed by atoms with Crippen molar-refractivity contribution < 1.29 is 4.79 Å². The molecule has 0 aliphatic carbocycles. The Morgan fingerprint density at radius 3 is 2.60 bits per heavy atom. The molecule has 1 aromatic carbocycles. The number of pyridine rings is 1. The summed E-state index contributed by atoms with van der Waals surface area (Å²) >= 11 is 0. The lowest BCUT2D eigenvalue weighted by Gasteiger charge is -2.20. The highest BCUT2D eigenvalue weighted by Gasteiger charge is 2.17. The Balaban J connectivity index is 1.97. The van der Waals surface area contributed by atoms with Crippen molar-refractivity contribution in [1.29, 1.82) is 0 Å². The molecule has 0 unspecified atom stereocenters. The van der Waals surface area contributed by atoms with E-state index in [2.05, 4.69) is 33.7 Å². The Hall–Kier alpha value is -2.66. The number of hydrogen-bond donors (Lipinski definition) is 1. The van der Waals surface area contributed by atoms with E-state index in [4.69, 9.17) is 4.98 Å². The Bertz CT molecular complexity index is 841. The average Bonchev–Trinajstić information content (AvgIpc) is 3.00. The molecule has 0 radical (unpaired) electrons. The number of nitrogens with zero attached hydrogens (tertiary/aromatic N) is 3. The van der Waals surface area contributed by atoms with Crippen molar-refractivity contribution in [1.82, 2.24) is 19.6 Å². The van der Waals surface area contributed by atoms with Crippen molar-refractivity contribution in [2.75, 3.05) is 19.6 Å². The Kier molecular flexibility index (Phi) is 5.46. The summed E-state index contributed by atoms with van der Waals surface area (Å²) in [5.74, 6) is 0.0550. The molecule has 3 rings (SSSR count).